The molecule has 2 amide bonds. The van der Waals surface area contributed by atoms with E-state index in [1.807, 2.05) is 9.80 Å². The van der Waals surface area contributed by atoms with E-state index in [4.69, 9.17) is 4.98 Å². The first-order valence-corrected chi connectivity index (χ1v) is 14.0. The Balaban J connectivity index is 1.39. The van der Waals surface area contributed by atoms with Gasteiger partial charge in [0, 0.05) is 44.3 Å². The fourth-order valence-electron chi connectivity index (χ4n) is 6.01. The first-order chi connectivity index (χ1) is 16.7. The Morgan fingerprint density at radius 2 is 1.71 bits per heavy atom. The second-order valence-corrected chi connectivity index (χ2v) is 12.1. The summed E-state index contributed by atoms with van der Waals surface area (Å²) in [6, 6.07) is 0.148. The standard InChI is InChI=1S/C28H47N5O2/c1-18(2)15-24-27(34)32(14-11-29-24)25(16-19(3)4)28(35)31-12-9-22(10-13-31)17-26-30-20(5)21(6)33(26)23-7-8-23/h18-19,22-25,29H,7-17H2,1-6H3/t24-,25-/m0/s1. The third kappa shape index (κ3) is 6.10. The highest BCUT2D eigenvalue weighted by Gasteiger charge is 2.39. The predicted octanol–water partition coefficient (Wildman–Crippen LogP) is 3.88. The average Bonchev–Trinajstić information content (AvgIpc) is 3.59. The van der Waals surface area contributed by atoms with Gasteiger partial charge in [-0.3, -0.25) is 9.59 Å². The summed E-state index contributed by atoms with van der Waals surface area (Å²) < 4.78 is 2.48. The molecule has 0 spiro atoms. The van der Waals surface area contributed by atoms with Crippen LogP contribution in [0.5, 0.6) is 0 Å². The molecule has 0 aromatic carbocycles. The highest BCUT2D eigenvalue weighted by atomic mass is 16.2. The maximum atomic E-state index is 13.8. The lowest BCUT2D eigenvalue weighted by molar-refractivity contribution is -0.150. The summed E-state index contributed by atoms with van der Waals surface area (Å²) >= 11 is 0. The number of nitrogens with zero attached hydrogens (tertiary/aromatic N) is 4. The zero-order valence-electron chi connectivity index (χ0n) is 22.8. The number of likely N-dealkylation sites (tertiary alicyclic amines) is 1. The lowest BCUT2D eigenvalue weighted by atomic mass is 9.91. The molecule has 3 heterocycles. The van der Waals surface area contributed by atoms with Crippen LogP contribution >= 0.6 is 0 Å². The van der Waals surface area contributed by atoms with Gasteiger partial charge >= 0.3 is 0 Å². The number of imidazole rings is 1. The fraction of sp³-hybridized carbons (Fsp3) is 0.821. The number of nitrogens with one attached hydrogen (secondary N) is 1. The van der Waals surface area contributed by atoms with E-state index in [0.717, 1.165) is 57.4 Å². The van der Waals surface area contributed by atoms with Crippen LogP contribution in [0.25, 0.3) is 0 Å². The summed E-state index contributed by atoms with van der Waals surface area (Å²) in [5.74, 6) is 2.88. The minimum atomic E-state index is -0.338. The smallest absolute Gasteiger partial charge is 0.245 e. The van der Waals surface area contributed by atoms with Crippen molar-refractivity contribution >= 4 is 11.8 Å². The molecule has 2 saturated heterocycles. The van der Waals surface area contributed by atoms with Crippen molar-refractivity contribution in [3.63, 3.8) is 0 Å². The Morgan fingerprint density at radius 1 is 1.03 bits per heavy atom. The zero-order chi connectivity index (χ0) is 25.3. The molecule has 7 heteroatoms. The van der Waals surface area contributed by atoms with Gasteiger partial charge in [-0.25, -0.2) is 4.98 Å². The molecule has 0 unspecified atom stereocenters. The van der Waals surface area contributed by atoms with Crippen LogP contribution < -0.4 is 5.32 Å². The molecule has 7 nitrogen and oxygen atoms in total. The molecule has 1 saturated carbocycles. The molecule has 1 N–H and O–H groups in total. The van der Waals surface area contributed by atoms with Crippen molar-refractivity contribution in [2.45, 2.75) is 105 Å². The molecule has 1 aromatic heterocycles. The predicted molar refractivity (Wildman–Crippen MR) is 139 cm³/mol. The van der Waals surface area contributed by atoms with E-state index in [-0.39, 0.29) is 23.9 Å². The van der Waals surface area contributed by atoms with Gasteiger partial charge in [-0.1, -0.05) is 27.7 Å². The summed E-state index contributed by atoms with van der Waals surface area (Å²) in [6.45, 7) is 15.9. The van der Waals surface area contributed by atoms with E-state index < -0.39 is 0 Å². The van der Waals surface area contributed by atoms with Gasteiger partial charge in [0.25, 0.3) is 0 Å². The van der Waals surface area contributed by atoms with Crippen LogP contribution in [0.15, 0.2) is 0 Å². The number of hydrogen-bond donors (Lipinski definition) is 1. The van der Waals surface area contributed by atoms with Gasteiger partial charge in [-0.05, 0) is 70.1 Å². The number of carbonyl (C=O) groups is 2. The molecule has 196 valence electrons. The number of amides is 2. The van der Waals surface area contributed by atoms with Crippen LogP contribution in [0.2, 0.25) is 0 Å². The van der Waals surface area contributed by atoms with Crippen molar-refractivity contribution in [3.05, 3.63) is 17.2 Å². The zero-order valence-corrected chi connectivity index (χ0v) is 22.8. The number of piperazine rings is 1. The second-order valence-electron chi connectivity index (χ2n) is 12.1. The first-order valence-electron chi connectivity index (χ1n) is 14.0. The summed E-state index contributed by atoms with van der Waals surface area (Å²) in [6.07, 6.45) is 7.14. The monoisotopic (exact) mass is 485 g/mol. The Hall–Kier alpha value is -1.89. The normalized spacial score (nSPS) is 23.0. The van der Waals surface area contributed by atoms with Crippen LogP contribution in [-0.4, -0.2) is 69.4 Å². The molecular formula is C28H47N5O2. The van der Waals surface area contributed by atoms with Crippen LogP contribution in [-0.2, 0) is 16.0 Å². The minimum absolute atomic E-state index is 0.108. The van der Waals surface area contributed by atoms with E-state index in [0.29, 0.717) is 30.3 Å². The Labute approximate surface area is 212 Å². The summed E-state index contributed by atoms with van der Waals surface area (Å²) in [4.78, 5) is 35.9. The van der Waals surface area contributed by atoms with Gasteiger partial charge in [0.2, 0.25) is 11.8 Å². The Bertz CT molecular complexity index is 895. The number of aromatic nitrogens is 2. The third-order valence-electron chi connectivity index (χ3n) is 8.16. The molecule has 1 aromatic rings. The lowest BCUT2D eigenvalue weighted by Gasteiger charge is -2.42. The van der Waals surface area contributed by atoms with E-state index in [2.05, 4.69) is 51.4 Å². The highest BCUT2D eigenvalue weighted by Crippen LogP contribution is 2.38. The van der Waals surface area contributed by atoms with Gasteiger partial charge in [0.1, 0.15) is 11.9 Å². The Kier molecular flexibility index (Phi) is 8.24. The van der Waals surface area contributed by atoms with Crippen molar-refractivity contribution < 1.29 is 9.59 Å². The van der Waals surface area contributed by atoms with Crippen LogP contribution in [0.4, 0.5) is 0 Å². The van der Waals surface area contributed by atoms with Crippen molar-refractivity contribution in [2.24, 2.45) is 17.8 Å². The molecule has 3 aliphatic rings. The number of carbonyl (C=O) groups excluding carboxylic acids is 2. The topological polar surface area (TPSA) is 70.5 Å². The largest absolute Gasteiger partial charge is 0.341 e. The minimum Gasteiger partial charge on any atom is -0.341 e. The van der Waals surface area contributed by atoms with Crippen LogP contribution in [0.3, 0.4) is 0 Å². The number of aryl methyl sites for hydroxylation is 1. The fourth-order valence-corrected chi connectivity index (χ4v) is 6.01. The summed E-state index contributed by atoms with van der Waals surface area (Å²) in [5.41, 5.74) is 2.48. The molecule has 4 rings (SSSR count). The number of piperidine rings is 1. The van der Waals surface area contributed by atoms with E-state index in [1.54, 1.807) is 0 Å². The lowest BCUT2D eigenvalue weighted by Crippen LogP contribution is -2.62. The SMILES string of the molecule is Cc1nc(CC2CCN(C(=O)[C@H](CC(C)C)N3CCN[C@@H](CC(C)C)C3=O)CC2)n(C2CC2)c1C. The average molecular weight is 486 g/mol. The van der Waals surface area contributed by atoms with E-state index in [9.17, 15) is 9.59 Å². The quantitative estimate of drug-likeness (QED) is 0.576. The highest BCUT2D eigenvalue weighted by molar-refractivity contribution is 5.90. The first kappa shape index (κ1) is 26.2. The molecule has 35 heavy (non-hydrogen) atoms. The van der Waals surface area contributed by atoms with Crippen molar-refractivity contribution in [3.8, 4) is 0 Å². The van der Waals surface area contributed by atoms with Crippen molar-refractivity contribution in [1.82, 2.24) is 24.7 Å². The van der Waals surface area contributed by atoms with Crippen LogP contribution in [0.1, 0.15) is 89.5 Å². The van der Waals surface area contributed by atoms with Gasteiger partial charge in [-0.15, -0.1) is 0 Å². The molecule has 1 aliphatic carbocycles. The third-order valence-corrected chi connectivity index (χ3v) is 8.16. The molecule has 0 radical (unpaired) electrons. The van der Waals surface area contributed by atoms with Gasteiger partial charge in [0.15, 0.2) is 0 Å². The van der Waals surface area contributed by atoms with Crippen molar-refractivity contribution in [1.29, 1.82) is 0 Å². The number of hydrogen-bond acceptors (Lipinski definition) is 4. The molecule has 3 fully saturated rings. The number of rotatable bonds is 9. The second kappa shape index (κ2) is 11.0. The summed E-state index contributed by atoms with van der Waals surface area (Å²) in [5, 5.41) is 3.38. The van der Waals surface area contributed by atoms with Crippen LogP contribution in [0, 0.1) is 31.6 Å². The molecule has 2 aliphatic heterocycles. The molecular weight excluding hydrogens is 438 g/mol. The van der Waals surface area contributed by atoms with E-state index in [1.165, 1.54) is 24.4 Å². The van der Waals surface area contributed by atoms with Gasteiger partial charge in [0.05, 0.1) is 11.7 Å². The Morgan fingerprint density at radius 3 is 2.31 bits per heavy atom. The maximum Gasteiger partial charge on any atom is 0.245 e. The van der Waals surface area contributed by atoms with Gasteiger partial charge in [-0.2, -0.15) is 0 Å². The molecule has 0 bridgehead atoms. The van der Waals surface area contributed by atoms with Crippen molar-refractivity contribution in [2.75, 3.05) is 26.2 Å². The molecule has 2 atom stereocenters. The van der Waals surface area contributed by atoms with E-state index >= 15 is 0 Å². The van der Waals surface area contributed by atoms with Gasteiger partial charge < -0.3 is 19.7 Å². The maximum absolute atomic E-state index is 13.8. The summed E-state index contributed by atoms with van der Waals surface area (Å²) in [7, 11) is 0.